The molecule has 0 bridgehead atoms. The summed E-state index contributed by atoms with van der Waals surface area (Å²) in [7, 11) is 1.25. The summed E-state index contributed by atoms with van der Waals surface area (Å²) >= 11 is 1.54. The van der Waals surface area contributed by atoms with Gasteiger partial charge in [-0.15, -0.1) is 0 Å². The first-order valence-electron chi connectivity index (χ1n) is 7.52. The van der Waals surface area contributed by atoms with E-state index in [-0.39, 0.29) is 11.3 Å². The third-order valence-corrected chi connectivity index (χ3v) is 4.35. The van der Waals surface area contributed by atoms with E-state index >= 15 is 0 Å². The maximum Gasteiger partial charge on any atom is 0.328 e. The molecule has 1 amide bonds. The number of hydrogen-bond acceptors (Lipinski definition) is 6. The molecule has 0 aliphatic rings. The summed E-state index contributed by atoms with van der Waals surface area (Å²) in [6.45, 7) is 0. The van der Waals surface area contributed by atoms with Crippen molar-refractivity contribution in [3.05, 3.63) is 52.1 Å². The van der Waals surface area contributed by atoms with Gasteiger partial charge in [-0.1, -0.05) is 24.3 Å². The van der Waals surface area contributed by atoms with Gasteiger partial charge in [-0.05, 0) is 29.2 Å². The summed E-state index contributed by atoms with van der Waals surface area (Å²) in [5, 5.41) is 14.9. The Hall–Kier alpha value is -2.61. The highest BCUT2D eigenvalue weighted by Crippen LogP contribution is 2.25. The van der Waals surface area contributed by atoms with Crippen LogP contribution in [0.3, 0.4) is 0 Å². The predicted molar refractivity (Wildman–Crippen MR) is 96.9 cm³/mol. The fourth-order valence-electron chi connectivity index (χ4n) is 2.45. The normalized spacial score (nSPS) is 11.8. The molecule has 1 N–H and O–H groups in total. The van der Waals surface area contributed by atoms with Gasteiger partial charge < -0.3 is 10.1 Å². The Morgan fingerprint density at radius 3 is 2.68 bits per heavy atom. The highest BCUT2D eigenvalue weighted by atomic mass is 32.2. The number of carbonyl (C=O) groups excluding carboxylic acids is 2. The van der Waals surface area contributed by atoms with Crippen molar-refractivity contribution in [1.82, 2.24) is 5.32 Å². The molecule has 2 aromatic rings. The van der Waals surface area contributed by atoms with E-state index in [9.17, 15) is 19.7 Å². The van der Waals surface area contributed by atoms with Gasteiger partial charge in [0.15, 0.2) is 0 Å². The molecule has 0 spiro atoms. The minimum absolute atomic E-state index is 0.155. The number of nitrogens with one attached hydrogen (secondary N) is 1. The molecule has 1 unspecified atom stereocenters. The Balaban J connectivity index is 2.40. The van der Waals surface area contributed by atoms with Crippen molar-refractivity contribution in [2.24, 2.45) is 0 Å². The van der Waals surface area contributed by atoms with Crippen LogP contribution >= 0.6 is 11.8 Å². The molecule has 2 aromatic carbocycles. The van der Waals surface area contributed by atoms with Gasteiger partial charge in [0.05, 0.1) is 17.6 Å². The molecular formula is C17H18N2O5S. The Kier molecular flexibility index (Phi) is 6.35. The molecule has 0 saturated heterocycles. The lowest BCUT2D eigenvalue weighted by molar-refractivity contribution is -0.384. The Morgan fingerprint density at radius 2 is 2.04 bits per heavy atom. The number of non-ortho nitro benzene ring substituents is 1. The first-order chi connectivity index (χ1) is 12.0. The topological polar surface area (TPSA) is 98.5 Å². The zero-order valence-electron chi connectivity index (χ0n) is 13.9. The summed E-state index contributed by atoms with van der Waals surface area (Å²) in [6, 6.07) is 8.73. The van der Waals surface area contributed by atoms with Gasteiger partial charge in [0.2, 0.25) is 0 Å². The minimum atomic E-state index is -0.803. The van der Waals surface area contributed by atoms with Crippen LogP contribution in [0.5, 0.6) is 0 Å². The Morgan fingerprint density at radius 1 is 1.32 bits per heavy atom. The summed E-state index contributed by atoms with van der Waals surface area (Å²) in [6.07, 6.45) is 2.30. The standard InChI is InChI=1S/C17H18N2O5S/c1-24-17(21)15(7-8-25-2)18-16(20)14-10-12(19(22)23)9-11-5-3-4-6-13(11)14/h3-6,9-10,15H,7-8H2,1-2H3,(H,18,20). The van der Waals surface area contributed by atoms with Crippen LogP contribution in [0.1, 0.15) is 16.8 Å². The van der Waals surface area contributed by atoms with Crippen LogP contribution < -0.4 is 5.32 Å². The Labute approximate surface area is 148 Å². The molecule has 132 valence electrons. The van der Waals surface area contributed by atoms with Crippen LogP contribution in [0.2, 0.25) is 0 Å². The van der Waals surface area contributed by atoms with Crippen LogP contribution in [-0.2, 0) is 9.53 Å². The number of ether oxygens (including phenoxy) is 1. The monoisotopic (exact) mass is 362 g/mol. The molecule has 0 saturated carbocycles. The molecule has 2 rings (SSSR count). The smallest absolute Gasteiger partial charge is 0.328 e. The van der Waals surface area contributed by atoms with E-state index < -0.39 is 22.8 Å². The van der Waals surface area contributed by atoms with Crippen molar-refractivity contribution in [3.63, 3.8) is 0 Å². The zero-order valence-corrected chi connectivity index (χ0v) is 14.7. The van der Waals surface area contributed by atoms with Crippen LogP contribution in [0, 0.1) is 10.1 Å². The van der Waals surface area contributed by atoms with Crippen molar-refractivity contribution < 1.29 is 19.2 Å². The Bertz CT molecular complexity index is 809. The van der Waals surface area contributed by atoms with Crippen LogP contribution in [-0.4, -0.2) is 42.0 Å². The maximum absolute atomic E-state index is 12.7. The third kappa shape index (κ3) is 4.48. The van der Waals surface area contributed by atoms with Gasteiger partial charge in [-0.2, -0.15) is 11.8 Å². The summed E-state index contributed by atoms with van der Waals surface area (Å²) in [5.41, 5.74) is -0.0227. The number of fused-ring (bicyclic) bond motifs is 1. The van der Waals surface area contributed by atoms with Crippen molar-refractivity contribution >= 4 is 40.1 Å². The highest BCUT2D eigenvalue weighted by molar-refractivity contribution is 7.98. The lowest BCUT2D eigenvalue weighted by Crippen LogP contribution is -2.42. The van der Waals surface area contributed by atoms with Crippen LogP contribution in [0.25, 0.3) is 10.8 Å². The predicted octanol–water partition coefficient (Wildman–Crippen LogP) is 2.77. The number of nitrogens with zero attached hydrogens (tertiary/aromatic N) is 1. The number of nitro benzene ring substituents is 1. The average Bonchev–Trinajstić information content (AvgIpc) is 2.63. The summed E-state index contributed by atoms with van der Waals surface area (Å²) < 4.78 is 4.72. The SMILES string of the molecule is COC(=O)C(CCSC)NC(=O)c1cc([N+](=O)[O-])cc2ccccc12. The minimum Gasteiger partial charge on any atom is -0.467 e. The van der Waals surface area contributed by atoms with Gasteiger partial charge in [-0.25, -0.2) is 4.79 Å². The van der Waals surface area contributed by atoms with Gasteiger partial charge in [0.25, 0.3) is 11.6 Å². The molecular weight excluding hydrogens is 344 g/mol. The number of methoxy groups -OCH3 is 1. The van der Waals surface area contributed by atoms with Crippen LogP contribution in [0.15, 0.2) is 36.4 Å². The fourth-order valence-corrected chi connectivity index (χ4v) is 2.92. The first kappa shape index (κ1) is 18.7. The molecule has 0 fully saturated rings. The van der Waals surface area contributed by atoms with Gasteiger partial charge in [0.1, 0.15) is 6.04 Å². The molecule has 25 heavy (non-hydrogen) atoms. The molecule has 0 aliphatic carbocycles. The summed E-state index contributed by atoms with van der Waals surface area (Å²) in [5.74, 6) is -0.427. The zero-order chi connectivity index (χ0) is 18.4. The second-order valence-electron chi connectivity index (χ2n) is 5.30. The van der Waals surface area contributed by atoms with Gasteiger partial charge in [0, 0.05) is 12.1 Å². The largest absolute Gasteiger partial charge is 0.467 e. The molecule has 0 radical (unpaired) electrons. The van der Waals surface area contributed by atoms with E-state index in [1.165, 1.54) is 19.2 Å². The van der Waals surface area contributed by atoms with E-state index in [2.05, 4.69) is 5.32 Å². The van der Waals surface area contributed by atoms with Crippen molar-refractivity contribution in [1.29, 1.82) is 0 Å². The number of rotatable bonds is 7. The number of benzene rings is 2. The molecule has 0 aromatic heterocycles. The molecule has 0 aliphatic heterocycles. The first-order valence-corrected chi connectivity index (χ1v) is 8.92. The molecule has 7 nitrogen and oxygen atoms in total. The quantitative estimate of drug-likeness (QED) is 0.462. The third-order valence-electron chi connectivity index (χ3n) is 3.70. The van der Waals surface area contributed by atoms with E-state index in [0.29, 0.717) is 22.9 Å². The highest BCUT2D eigenvalue weighted by Gasteiger charge is 2.24. The number of esters is 1. The lowest BCUT2D eigenvalue weighted by atomic mass is 10.0. The second-order valence-corrected chi connectivity index (χ2v) is 6.29. The molecule has 8 heteroatoms. The number of nitro groups is 1. The number of hydrogen-bond donors (Lipinski definition) is 1. The lowest BCUT2D eigenvalue weighted by Gasteiger charge is -2.16. The van der Waals surface area contributed by atoms with Crippen molar-refractivity contribution in [3.8, 4) is 0 Å². The van der Waals surface area contributed by atoms with Crippen molar-refractivity contribution in [2.75, 3.05) is 19.1 Å². The molecule has 1 atom stereocenters. The fraction of sp³-hybridized carbons (Fsp3) is 0.294. The van der Waals surface area contributed by atoms with E-state index in [4.69, 9.17) is 4.74 Å². The van der Waals surface area contributed by atoms with Crippen LogP contribution in [0.4, 0.5) is 5.69 Å². The maximum atomic E-state index is 12.7. The summed E-state index contributed by atoms with van der Waals surface area (Å²) in [4.78, 5) is 35.1. The van der Waals surface area contributed by atoms with E-state index in [0.717, 1.165) is 0 Å². The average molecular weight is 362 g/mol. The molecule has 0 heterocycles. The number of carbonyl (C=O) groups is 2. The number of amides is 1. The second kappa shape index (κ2) is 8.48. The van der Waals surface area contributed by atoms with Gasteiger partial charge in [-0.3, -0.25) is 14.9 Å². The number of thioether (sulfide) groups is 1. The van der Waals surface area contributed by atoms with Gasteiger partial charge >= 0.3 is 5.97 Å². The van der Waals surface area contributed by atoms with E-state index in [1.807, 2.05) is 6.26 Å². The van der Waals surface area contributed by atoms with Crippen molar-refractivity contribution in [2.45, 2.75) is 12.5 Å². The van der Waals surface area contributed by atoms with E-state index in [1.54, 1.807) is 36.0 Å².